The fourth-order valence-electron chi connectivity index (χ4n) is 3.42. The van der Waals surface area contributed by atoms with Crippen LogP contribution in [0.5, 0.6) is 0 Å². The zero-order valence-corrected chi connectivity index (χ0v) is 18.5. The lowest BCUT2D eigenvalue weighted by atomic mass is 10.1. The number of anilines is 2. The average Bonchev–Trinajstić information content (AvgIpc) is 3.33. The standard InChI is InChI=1S/C23H20N4O5S/c1-32-23(31)26-22-25-18(14-8-3-2-4-9-14)19(33-22)24-17(28)12-7-13-27-20(29)15-10-5-6-11-16(15)21(27)30/h2-6,8-11H,7,12-13H2,1H3,(H,24,28)(H,25,26,31). The van der Waals surface area contributed by atoms with Gasteiger partial charge in [0, 0.05) is 18.5 Å². The topological polar surface area (TPSA) is 118 Å². The normalized spacial score (nSPS) is 12.5. The summed E-state index contributed by atoms with van der Waals surface area (Å²) in [5.74, 6) is -0.983. The van der Waals surface area contributed by atoms with Crippen LogP contribution in [-0.2, 0) is 9.53 Å². The van der Waals surface area contributed by atoms with E-state index < -0.39 is 6.09 Å². The molecule has 0 saturated carbocycles. The highest BCUT2D eigenvalue weighted by Crippen LogP contribution is 2.36. The number of benzene rings is 2. The van der Waals surface area contributed by atoms with Crippen LogP contribution in [0.1, 0.15) is 33.6 Å². The fourth-order valence-corrected chi connectivity index (χ4v) is 4.31. The number of carbonyl (C=O) groups is 4. The molecule has 33 heavy (non-hydrogen) atoms. The van der Waals surface area contributed by atoms with Crippen LogP contribution >= 0.6 is 11.3 Å². The summed E-state index contributed by atoms with van der Waals surface area (Å²) in [6.07, 6.45) is -0.259. The molecule has 1 aliphatic rings. The maximum atomic E-state index is 12.6. The summed E-state index contributed by atoms with van der Waals surface area (Å²) < 4.78 is 4.60. The summed E-state index contributed by atoms with van der Waals surface area (Å²) in [5, 5.41) is 6.08. The van der Waals surface area contributed by atoms with Crippen LogP contribution in [0.4, 0.5) is 14.9 Å². The smallest absolute Gasteiger partial charge is 0.413 e. The molecule has 0 atom stereocenters. The third kappa shape index (κ3) is 4.75. The number of fused-ring (bicyclic) bond motifs is 1. The van der Waals surface area contributed by atoms with Gasteiger partial charge < -0.3 is 10.1 Å². The summed E-state index contributed by atoms with van der Waals surface area (Å²) in [5.41, 5.74) is 2.05. The van der Waals surface area contributed by atoms with Crippen LogP contribution in [0.25, 0.3) is 11.3 Å². The molecule has 1 aromatic heterocycles. The molecule has 9 nitrogen and oxygen atoms in total. The molecule has 1 aliphatic heterocycles. The summed E-state index contributed by atoms with van der Waals surface area (Å²) >= 11 is 1.10. The summed E-state index contributed by atoms with van der Waals surface area (Å²) in [6.45, 7) is 0.142. The highest BCUT2D eigenvalue weighted by atomic mass is 32.1. The SMILES string of the molecule is COC(=O)Nc1nc(-c2ccccc2)c(NC(=O)CCCN2C(=O)c3ccccc3C2=O)s1. The first-order chi connectivity index (χ1) is 16.0. The van der Waals surface area contributed by atoms with E-state index in [9.17, 15) is 19.2 Å². The fraction of sp³-hybridized carbons (Fsp3) is 0.174. The van der Waals surface area contributed by atoms with Crippen molar-refractivity contribution in [3.8, 4) is 11.3 Å². The Kier molecular flexibility index (Phi) is 6.45. The van der Waals surface area contributed by atoms with Crippen molar-refractivity contribution in [2.45, 2.75) is 12.8 Å². The van der Waals surface area contributed by atoms with Crippen LogP contribution in [0.15, 0.2) is 54.6 Å². The van der Waals surface area contributed by atoms with Crippen molar-refractivity contribution >= 4 is 45.3 Å². The molecule has 168 valence electrons. The van der Waals surface area contributed by atoms with Crippen molar-refractivity contribution in [2.75, 3.05) is 24.3 Å². The molecule has 0 unspecified atom stereocenters. The zero-order valence-electron chi connectivity index (χ0n) is 17.7. The minimum Gasteiger partial charge on any atom is -0.453 e. The molecule has 2 N–H and O–H groups in total. The molecule has 0 bridgehead atoms. The number of methoxy groups -OCH3 is 1. The van der Waals surface area contributed by atoms with E-state index in [4.69, 9.17) is 0 Å². The number of carbonyl (C=O) groups excluding carboxylic acids is 4. The Morgan fingerprint density at radius 2 is 1.61 bits per heavy atom. The minimum atomic E-state index is -0.665. The van der Waals surface area contributed by atoms with Gasteiger partial charge in [-0.2, -0.15) is 0 Å². The molecule has 0 radical (unpaired) electrons. The summed E-state index contributed by atoms with van der Waals surface area (Å²) in [4.78, 5) is 54.6. The van der Waals surface area contributed by atoms with Gasteiger partial charge in [-0.25, -0.2) is 9.78 Å². The Balaban J connectivity index is 1.41. The van der Waals surface area contributed by atoms with Gasteiger partial charge in [0.1, 0.15) is 10.7 Å². The minimum absolute atomic E-state index is 0.0965. The maximum Gasteiger partial charge on any atom is 0.413 e. The van der Waals surface area contributed by atoms with Crippen molar-refractivity contribution in [2.24, 2.45) is 0 Å². The van der Waals surface area contributed by atoms with Crippen molar-refractivity contribution in [1.29, 1.82) is 0 Å². The van der Waals surface area contributed by atoms with Gasteiger partial charge >= 0.3 is 6.09 Å². The number of nitrogens with one attached hydrogen (secondary N) is 2. The molecule has 0 spiro atoms. The first-order valence-corrected chi connectivity index (χ1v) is 11.0. The van der Waals surface area contributed by atoms with E-state index in [1.165, 1.54) is 12.0 Å². The van der Waals surface area contributed by atoms with Crippen LogP contribution in [0.2, 0.25) is 0 Å². The van der Waals surface area contributed by atoms with E-state index in [0.717, 1.165) is 16.9 Å². The molecule has 10 heteroatoms. The Morgan fingerprint density at radius 3 is 2.24 bits per heavy atom. The lowest BCUT2D eigenvalue weighted by molar-refractivity contribution is -0.116. The van der Waals surface area contributed by atoms with Gasteiger partial charge in [0.15, 0.2) is 5.13 Å². The number of hydrogen-bond acceptors (Lipinski definition) is 7. The number of ether oxygens (including phenoxy) is 1. The first-order valence-electron chi connectivity index (χ1n) is 10.1. The molecule has 0 fully saturated rings. The van der Waals surface area contributed by atoms with Gasteiger partial charge in [0.2, 0.25) is 5.91 Å². The second-order valence-corrected chi connectivity index (χ2v) is 8.14. The Bertz CT molecular complexity index is 1190. The molecule has 2 aromatic carbocycles. The number of nitrogens with zero attached hydrogens (tertiary/aromatic N) is 2. The average molecular weight is 465 g/mol. The third-order valence-electron chi connectivity index (χ3n) is 4.99. The molecule has 4 amide bonds. The molecular weight excluding hydrogens is 444 g/mol. The number of imide groups is 1. The second-order valence-electron chi connectivity index (χ2n) is 7.14. The number of thiazole rings is 1. The van der Waals surface area contributed by atoms with Crippen LogP contribution < -0.4 is 10.6 Å². The van der Waals surface area contributed by atoms with Gasteiger partial charge in [-0.1, -0.05) is 53.8 Å². The van der Waals surface area contributed by atoms with Crippen molar-refractivity contribution in [3.05, 3.63) is 65.7 Å². The largest absolute Gasteiger partial charge is 0.453 e. The van der Waals surface area contributed by atoms with Crippen LogP contribution in [0, 0.1) is 0 Å². The monoisotopic (exact) mass is 464 g/mol. The molecular formula is C23H20N4O5S. The maximum absolute atomic E-state index is 12.6. The number of rotatable bonds is 7. The summed E-state index contributed by atoms with van der Waals surface area (Å²) in [6, 6.07) is 15.9. The number of aromatic nitrogens is 1. The predicted molar refractivity (Wildman–Crippen MR) is 123 cm³/mol. The molecule has 2 heterocycles. The quantitative estimate of drug-likeness (QED) is 0.510. The highest BCUT2D eigenvalue weighted by molar-refractivity contribution is 7.20. The number of amides is 4. The molecule has 0 saturated heterocycles. The van der Waals surface area contributed by atoms with E-state index in [1.54, 1.807) is 24.3 Å². The van der Waals surface area contributed by atoms with E-state index in [2.05, 4.69) is 20.4 Å². The van der Waals surface area contributed by atoms with Gasteiger partial charge in [-0.15, -0.1) is 0 Å². The molecule has 3 aromatic rings. The lowest BCUT2D eigenvalue weighted by Crippen LogP contribution is -2.31. The highest BCUT2D eigenvalue weighted by Gasteiger charge is 2.34. The third-order valence-corrected chi connectivity index (χ3v) is 5.87. The molecule has 4 rings (SSSR count). The molecule has 0 aliphatic carbocycles. The predicted octanol–water partition coefficient (Wildman–Crippen LogP) is 4.00. The zero-order chi connectivity index (χ0) is 23.4. The Hall–Kier alpha value is -4.05. The Labute approximate surface area is 193 Å². The van der Waals surface area contributed by atoms with E-state index in [-0.39, 0.29) is 35.8 Å². The Morgan fingerprint density at radius 1 is 0.970 bits per heavy atom. The van der Waals surface area contributed by atoms with E-state index >= 15 is 0 Å². The van der Waals surface area contributed by atoms with Crippen molar-refractivity contribution in [3.63, 3.8) is 0 Å². The summed E-state index contributed by atoms with van der Waals surface area (Å²) in [7, 11) is 1.25. The first kappa shape index (κ1) is 22.2. The van der Waals surface area contributed by atoms with Crippen LogP contribution in [0.3, 0.4) is 0 Å². The van der Waals surface area contributed by atoms with Gasteiger partial charge in [0.05, 0.1) is 18.2 Å². The van der Waals surface area contributed by atoms with Gasteiger partial charge in [0.25, 0.3) is 11.8 Å². The number of hydrogen-bond donors (Lipinski definition) is 2. The van der Waals surface area contributed by atoms with Gasteiger partial charge in [-0.3, -0.25) is 24.6 Å². The van der Waals surface area contributed by atoms with E-state index in [0.29, 0.717) is 28.2 Å². The van der Waals surface area contributed by atoms with Crippen LogP contribution in [-0.4, -0.2) is 47.4 Å². The van der Waals surface area contributed by atoms with Crippen molar-refractivity contribution in [1.82, 2.24) is 9.88 Å². The lowest BCUT2D eigenvalue weighted by Gasteiger charge is -2.13. The van der Waals surface area contributed by atoms with E-state index in [1.807, 2.05) is 30.3 Å². The van der Waals surface area contributed by atoms with Gasteiger partial charge in [-0.05, 0) is 18.6 Å². The second kappa shape index (κ2) is 9.61. The van der Waals surface area contributed by atoms with Crippen molar-refractivity contribution < 1.29 is 23.9 Å².